The van der Waals surface area contributed by atoms with Crippen LogP contribution in [0.5, 0.6) is 11.5 Å². The summed E-state index contributed by atoms with van der Waals surface area (Å²) in [7, 11) is 1.92. The van der Waals surface area contributed by atoms with Crippen LogP contribution in [0, 0.1) is 0 Å². The van der Waals surface area contributed by atoms with Gasteiger partial charge in [-0.1, -0.05) is 0 Å². The lowest BCUT2D eigenvalue weighted by atomic mass is 9.84. The quantitative estimate of drug-likeness (QED) is 0.813. The van der Waals surface area contributed by atoms with E-state index in [0.717, 1.165) is 41.2 Å². The third kappa shape index (κ3) is 3.35. The summed E-state index contributed by atoms with van der Waals surface area (Å²) >= 11 is 5.49. The first-order valence-electron chi connectivity index (χ1n) is 8.76. The van der Waals surface area contributed by atoms with Crippen LogP contribution in [0.15, 0.2) is 29.5 Å². The van der Waals surface area contributed by atoms with Gasteiger partial charge < -0.3 is 19.7 Å². The van der Waals surface area contributed by atoms with Crippen molar-refractivity contribution in [3.63, 3.8) is 0 Å². The highest BCUT2D eigenvalue weighted by Crippen LogP contribution is 2.40. The van der Waals surface area contributed by atoms with Crippen molar-refractivity contribution >= 4 is 23.1 Å². The second-order valence-electron chi connectivity index (χ2n) is 6.14. The summed E-state index contributed by atoms with van der Waals surface area (Å²) in [4.78, 5) is 14.6. The smallest absolute Gasteiger partial charge is 0.173 e. The number of carbonyl (C=O) groups excluding carboxylic acids is 1. The Kier molecular flexibility index (Phi) is 5.27. The van der Waals surface area contributed by atoms with E-state index in [2.05, 4.69) is 5.32 Å². The van der Waals surface area contributed by atoms with Crippen molar-refractivity contribution in [2.45, 2.75) is 39.2 Å². The zero-order chi connectivity index (χ0) is 18.0. The molecule has 0 aromatic heterocycles. The summed E-state index contributed by atoms with van der Waals surface area (Å²) in [5.74, 6) is 1.67. The Bertz CT molecular complexity index is 729. The molecule has 1 aromatic rings. The van der Waals surface area contributed by atoms with Gasteiger partial charge in [-0.25, -0.2) is 0 Å². The highest BCUT2D eigenvalue weighted by Gasteiger charge is 2.37. The van der Waals surface area contributed by atoms with Gasteiger partial charge in [-0.2, -0.15) is 0 Å². The molecule has 3 rings (SSSR count). The second kappa shape index (κ2) is 7.44. The van der Waals surface area contributed by atoms with E-state index in [0.29, 0.717) is 24.7 Å². The van der Waals surface area contributed by atoms with Crippen LogP contribution in [0.2, 0.25) is 0 Å². The maximum absolute atomic E-state index is 12.7. The number of Topliss-reactive ketones (excluding diaryl/α,β-unsaturated/α-hetero) is 1. The summed E-state index contributed by atoms with van der Waals surface area (Å²) < 4.78 is 11.4. The molecule has 2 aliphatic rings. The minimum Gasteiger partial charge on any atom is -0.494 e. The molecule has 1 N–H and O–H groups in total. The van der Waals surface area contributed by atoms with Crippen LogP contribution >= 0.6 is 12.2 Å². The van der Waals surface area contributed by atoms with E-state index in [1.165, 1.54) is 0 Å². The Morgan fingerprint density at radius 2 is 2.00 bits per heavy atom. The molecular weight excluding hydrogens is 336 g/mol. The molecular formula is C19H24N2O3S. The van der Waals surface area contributed by atoms with Crippen LogP contribution in [-0.4, -0.2) is 36.1 Å². The Balaban J connectivity index is 2.09. The van der Waals surface area contributed by atoms with Crippen molar-refractivity contribution in [2.75, 3.05) is 20.3 Å². The number of hydrogen-bond donors (Lipinski definition) is 1. The summed E-state index contributed by atoms with van der Waals surface area (Å²) in [5, 5.41) is 3.95. The molecule has 0 saturated heterocycles. The van der Waals surface area contributed by atoms with Gasteiger partial charge in [0, 0.05) is 36.4 Å². The van der Waals surface area contributed by atoms with E-state index in [9.17, 15) is 4.79 Å². The van der Waals surface area contributed by atoms with Gasteiger partial charge in [0.25, 0.3) is 0 Å². The molecule has 1 unspecified atom stereocenters. The van der Waals surface area contributed by atoms with E-state index >= 15 is 0 Å². The Labute approximate surface area is 154 Å². The lowest BCUT2D eigenvalue weighted by molar-refractivity contribution is -0.116. The Morgan fingerprint density at radius 3 is 2.72 bits per heavy atom. The maximum Gasteiger partial charge on any atom is 0.173 e. The summed E-state index contributed by atoms with van der Waals surface area (Å²) in [6, 6.07) is 5.49. The van der Waals surface area contributed by atoms with Crippen molar-refractivity contribution < 1.29 is 14.3 Å². The summed E-state index contributed by atoms with van der Waals surface area (Å²) in [6.07, 6.45) is 2.33. The lowest BCUT2D eigenvalue weighted by Crippen LogP contribution is -2.47. The van der Waals surface area contributed by atoms with Gasteiger partial charge in [0.2, 0.25) is 0 Å². The van der Waals surface area contributed by atoms with E-state index in [1.54, 1.807) is 0 Å². The largest absolute Gasteiger partial charge is 0.494 e. The van der Waals surface area contributed by atoms with Crippen molar-refractivity contribution in [1.29, 1.82) is 0 Å². The monoisotopic (exact) mass is 360 g/mol. The van der Waals surface area contributed by atoms with Crippen LogP contribution < -0.4 is 14.8 Å². The number of nitrogens with zero attached hydrogens (tertiary/aromatic N) is 1. The highest BCUT2D eigenvalue weighted by atomic mass is 32.1. The first-order valence-corrected chi connectivity index (χ1v) is 9.17. The van der Waals surface area contributed by atoms with E-state index < -0.39 is 0 Å². The van der Waals surface area contributed by atoms with Crippen molar-refractivity contribution in [2.24, 2.45) is 0 Å². The van der Waals surface area contributed by atoms with Gasteiger partial charge in [-0.05, 0) is 51.0 Å². The van der Waals surface area contributed by atoms with Crippen LogP contribution in [-0.2, 0) is 4.79 Å². The zero-order valence-electron chi connectivity index (χ0n) is 14.9. The fraction of sp³-hybridized carbons (Fsp3) is 0.474. The van der Waals surface area contributed by atoms with Gasteiger partial charge in [0.15, 0.2) is 10.9 Å². The fourth-order valence-corrected chi connectivity index (χ4v) is 3.69. The Morgan fingerprint density at radius 1 is 1.24 bits per heavy atom. The number of ketones is 1. The molecule has 1 aliphatic heterocycles. The Hall–Kier alpha value is -2.08. The first-order chi connectivity index (χ1) is 12.1. The van der Waals surface area contributed by atoms with Gasteiger partial charge >= 0.3 is 0 Å². The molecule has 0 fully saturated rings. The molecule has 0 saturated carbocycles. The zero-order valence-corrected chi connectivity index (χ0v) is 15.7. The molecule has 6 heteroatoms. The number of hydrogen-bond acceptors (Lipinski definition) is 4. The lowest BCUT2D eigenvalue weighted by Gasteiger charge is -2.39. The molecule has 0 bridgehead atoms. The third-order valence-electron chi connectivity index (χ3n) is 4.60. The van der Waals surface area contributed by atoms with Crippen molar-refractivity contribution in [3.8, 4) is 11.5 Å². The van der Waals surface area contributed by atoms with Crippen LogP contribution in [0.25, 0.3) is 0 Å². The number of benzene rings is 1. The molecule has 1 aliphatic carbocycles. The SMILES string of the molecule is CCOc1ccc(C2NC(=S)N(C)C3=C2C(=O)CCC3)c(OCC)c1. The second-order valence-corrected chi connectivity index (χ2v) is 6.53. The third-order valence-corrected chi connectivity index (χ3v) is 4.99. The van der Waals surface area contributed by atoms with E-state index in [-0.39, 0.29) is 11.8 Å². The van der Waals surface area contributed by atoms with E-state index in [4.69, 9.17) is 21.7 Å². The number of nitrogens with one attached hydrogen (secondary N) is 1. The number of allylic oxidation sites excluding steroid dienone is 1. The molecule has 0 radical (unpaired) electrons. The predicted molar refractivity (Wildman–Crippen MR) is 101 cm³/mol. The first kappa shape index (κ1) is 17.7. The van der Waals surface area contributed by atoms with Gasteiger partial charge in [-0.3, -0.25) is 4.79 Å². The molecule has 5 nitrogen and oxygen atoms in total. The number of carbonyl (C=O) groups is 1. The average molecular weight is 360 g/mol. The normalized spacial score (nSPS) is 20.3. The minimum atomic E-state index is -0.274. The molecule has 1 atom stereocenters. The van der Waals surface area contributed by atoms with Crippen LogP contribution in [0.1, 0.15) is 44.7 Å². The molecule has 1 heterocycles. The number of ether oxygens (including phenoxy) is 2. The molecule has 0 amide bonds. The molecule has 1 aromatic carbocycles. The van der Waals surface area contributed by atoms with Crippen molar-refractivity contribution in [3.05, 3.63) is 35.0 Å². The molecule has 0 spiro atoms. The van der Waals surface area contributed by atoms with E-state index in [1.807, 2.05) is 44.0 Å². The highest BCUT2D eigenvalue weighted by molar-refractivity contribution is 7.80. The topological polar surface area (TPSA) is 50.8 Å². The maximum atomic E-state index is 12.7. The van der Waals surface area contributed by atoms with Gasteiger partial charge in [0.05, 0.1) is 19.3 Å². The number of thiocarbonyl (C=S) groups is 1. The van der Waals surface area contributed by atoms with Crippen LogP contribution in [0.3, 0.4) is 0 Å². The average Bonchev–Trinajstić information content (AvgIpc) is 2.59. The number of rotatable bonds is 5. The van der Waals surface area contributed by atoms with Gasteiger partial charge in [-0.15, -0.1) is 0 Å². The molecule has 134 valence electrons. The van der Waals surface area contributed by atoms with Crippen LogP contribution in [0.4, 0.5) is 0 Å². The predicted octanol–water partition coefficient (Wildman–Crippen LogP) is 3.35. The summed E-state index contributed by atoms with van der Waals surface area (Å²) in [6.45, 7) is 5.03. The van der Waals surface area contributed by atoms with Crippen molar-refractivity contribution in [1.82, 2.24) is 10.2 Å². The summed E-state index contributed by atoms with van der Waals surface area (Å²) in [5.41, 5.74) is 2.76. The molecule has 25 heavy (non-hydrogen) atoms. The van der Waals surface area contributed by atoms with Gasteiger partial charge in [0.1, 0.15) is 11.5 Å². The minimum absolute atomic E-state index is 0.185. The fourth-order valence-electron chi connectivity index (χ4n) is 3.46. The standard InChI is InChI=1S/C19H24N2O3S/c1-4-23-12-9-10-13(16(11-12)24-5-2)18-17-14(7-6-8-15(17)22)21(3)19(25)20-18/h9-11,18H,4-8H2,1-3H3,(H,20,25).